The summed E-state index contributed by atoms with van der Waals surface area (Å²) in [5.74, 6) is 4.73. The van der Waals surface area contributed by atoms with E-state index in [0.29, 0.717) is 25.9 Å². The number of rotatable bonds is 10. The molecule has 10 heteroatoms. The highest BCUT2D eigenvalue weighted by Crippen LogP contribution is 2.29. The van der Waals surface area contributed by atoms with E-state index in [9.17, 15) is 0 Å². The minimum absolute atomic E-state index is 0.0430. The molecule has 2 atom stereocenters. The molecule has 0 aromatic heterocycles. The van der Waals surface area contributed by atoms with Gasteiger partial charge in [-0.25, -0.2) is 0 Å². The minimum Gasteiger partial charge on any atom is -0.457 e. The predicted molar refractivity (Wildman–Crippen MR) is 168 cm³/mol. The molecule has 2 aliphatic rings. The summed E-state index contributed by atoms with van der Waals surface area (Å²) in [6, 6.07) is 35.0. The van der Waals surface area contributed by atoms with E-state index < -0.39 is 0 Å². The fourth-order valence-corrected chi connectivity index (χ4v) is 4.48. The SMILES string of the molecule is OCCN=C1C[C@@H](c2ccc(Oc3ccccc3)cc2)ON1.OCCN=C1C[C@H](c2ccc(Oc3ccccc3)cc2)ON1. The van der Waals surface area contributed by atoms with E-state index in [2.05, 4.69) is 20.9 Å². The van der Waals surface area contributed by atoms with E-state index in [0.717, 1.165) is 45.8 Å². The van der Waals surface area contributed by atoms with Gasteiger partial charge in [0, 0.05) is 12.8 Å². The van der Waals surface area contributed by atoms with Gasteiger partial charge in [0.1, 0.15) is 46.9 Å². The van der Waals surface area contributed by atoms with Gasteiger partial charge in [0.2, 0.25) is 0 Å². The van der Waals surface area contributed by atoms with Gasteiger partial charge in [-0.3, -0.25) is 30.6 Å². The van der Waals surface area contributed by atoms with E-state index in [1.165, 1.54) is 0 Å². The zero-order valence-corrected chi connectivity index (χ0v) is 24.2. The lowest BCUT2D eigenvalue weighted by Crippen LogP contribution is -2.13. The Balaban J connectivity index is 0.000000175. The lowest BCUT2D eigenvalue weighted by molar-refractivity contribution is 0.0447. The van der Waals surface area contributed by atoms with Crippen molar-refractivity contribution in [3.8, 4) is 23.0 Å². The van der Waals surface area contributed by atoms with E-state index >= 15 is 0 Å². The molecule has 228 valence electrons. The van der Waals surface area contributed by atoms with Crippen LogP contribution in [0, 0.1) is 0 Å². The molecule has 0 unspecified atom stereocenters. The summed E-state index contributed by atoms with van der Waals surface area (Å²) in [5.41, 5.74) is 7.72. The summed E-state index contributed by atoms with van der Waals surface area (Å²) in [7, 11) is 0. The Bertz CT molecular complexity index is 1370. The number of nitrogens with zero attached hydrogens (tertiary/aromatic N) is 2. The average molecular weight is 597 g/mol. The normalized spacial score (nSPS) is 19.1. The van der Waals surface area contributed by atoms with Crippen molar-refractivity contribution < 1.29 is 29.4 Å². The van der Waals surface area contributed by atoms with Gasteiger partial charge < -0.3 is 19.7 Å². The molecule has 0 bridgehead atoms. The van der Waals surface area contributed by atoms with Gasteiger partial charge in [0.25, 0.3) is 0 Å². The zero-order chi connectivity index (χ0) is 30.4. The highest BCUT2D eigenvalue weighted by Gasteiger charge is 2.24. The molecule has 4 N–H and O–H groups in total. The van der Waals surface area contributed by atoms with E-state index in [1.807, 2.05) is 109 Å². The van der Waals surface area contributed by atoms with Gasteiger partial charge in [-0.1, -0.05) is 60.7 Å². The van der Waals surface area contributed by atoms with Crippen molar-refractivity contribution in [2.24, 2.45) is 9.98 Å². The van der Waals surface area contributed by atoms with Crippen LogP contribution in [0.4, 0.5) is 0 Å². The molecule has 4 aromatic rings. The zero-order valence-electron chi connectivity index (χ0n) is 24.2. The van der Waals surface area contributed by atoms with Crippen molar-refractivity contribution in [1.82, 2.24) is 11.0 Å². The van der Waals surface area contributed by atoms with Crippen molar-refractivity contribution in [2.75, 3.05) is 26.3 Å². The molecule has 2 fully saturated rings. The molecule has 2 aliphatic heterocycles. The number of hydrogen-bond donors (Lipinski definition) is 4. The number of nitrogens with one attached hydrogen (secondary N) is 2. The monoisotopic (exact) mass is 596 g/mol. The van der Waals surface area contributed by atoms with Gasteiger partial charge in [0.15, 0.2) is 0 Å². The van der Waals surface area contributed by atoms with Gasteiger partial charge >= 0.3 is 0 Å². The summed E-state index contributed by atoms with van der Waals surface area (Å²) in [5, 5.41) is 17.5. The van der Waals surface area contributed by atoms with Crippen LogP contribution in [0.5, 0.6) is 23.0 Å². The van der Waals surface area contributed by atoms with Crippen molar-refractivity contribution in [1.29, 1.82) is 0 Å². The molecule has 0 aliphatic carbocycles. The molecule has 2 saturated heterocycles. The fourth-order valence-electron chi connectivity index (χ4n) is 4.48. The number of hydroxylamine groups is 2. The molecular weight excluding hydrogens is 560 g/mol. The van der Waals surface area contributed by atoms with Crippen molar-refractivity contribution in [3.05, 3.63) is 120 Å². The molecule has 0 saturated carbocycles. The number of benzene rings is 4. The summed E-state index contributed by atoms with van der Waals surface area (Å²) < 4.78 is 11.5. The molecule has 6 rings (SSSR count). The Morgan fingerprint density at radius 2 is 0.909 bits per heavy atom. The smallest absolute Gasteiger partial charge is 0.127 e. The number of ether oxygens (including phenoxy) is 2. The molecule has 44 heavy (non-hydrogen) atoms. The second kappa shape index (κ2) is 16.2. The van der Waals surface area contributed by atoms with Crippen LogP contribution >= 0.6 is 0 Å². The molecule has 0 amide bonds. The molecular formula is C34H36N4O6. The minimum atomic E-state index is -0.0665. The van der Waals surface area contributed by atoms with Crippen molar-refractivity contribution >= 4 is 11.7 Å². The maximum Gasteiger partial charge on any atom is 0.127 e. The van der Waals surface area contributed by atoms with Crippen LogP contribution in [0.2, 0.25) is 0 Å². The summed E-state index contributed by atoms with van der Waals surface area (Å²) in [4.78, 5) is 19.4. The van der Waals surface area contributed by atoms with E-state index in [4.69, 9.17) is 29.4 Å². The van der Waals surface area contributed by atoms with Crippen molar-refractivity contribution in [2.45, 2.75) is 25.0 Å². The largest absolute Gasteiger partial charge is 0.457 e. The standard InChI is InChI=1S/2C17H18N2O3/c2*20-11-10-18-17-12-16(22-19-17)13-6-8-15(9-7-13)21-14-4-2-1-3-5-14/h2*1-9,16,20H,10-12H2,(H,18,19)/t2*16-/m10/s1. The summed E-state index contributed by atoms with van der Waals surface area (Å²) in [6.07, 6.45) is 1.23. The highest BCUT2D eigenvalue weighted by atomic mass is 16.7. The van der Waals surface area contributed by atoms with Crippen molar-refractivity contribution in [3.63, 3.8) is 0 Å². The molecule has 2 heterocycles. The quantitative estimate of drug-likeness (QED) is 0.185. The van der Waals surface area contributed by atoms with E-state index in [-0.39, 0.29) is 25.4 Å². The van der Waals surface area contributed by atoms with Crippen LogP contribution in [-0.4, -0.2) is 48.2 Å². The van der Waals surface area contributed by atoms with Gasteiger partial charge in [-0.2, -0.15) is 0 Å². The Morgan fingerprint density at radius 3 is 1.27 bits per heavy atom. The number of aliphatic imine (C=N–C) groups is 2. The molecule has 0 radical (unpaired) electrons. The second-order valence-corrected chi connectivity index (χ2v) is 9.90. The lowest BCUT2D eigenvalue weighted by Gasteiger charge is -2.09. The Hall–Kier alpha value is -4.74. The molecule has 0 spiro atoms. The van der Waals surface area contributed by atoms with Gasteiger partial charge in [0.05, 0.1) is 26.3 Å². The van der Waals surface area contributed by atoms with Crippen LogP contribution in [0.15, 0.2) is 119 Å². The first-order valence-electron chi connectivity index (χ1n) is 14.5. The first kappa shape index (κ1) is 30.7. The van der Waals surface area contributed by atoms with Crippen LogP contribution in [0.1, 0.15) is 36.2 Å². The number of aliphatic hydroxyl groups excluding tert-OH is 2. The lowest BCUT2D eigenvalue weighted by atomic mass is 10.1. The predicted octanol–water partition coefficient (Wildman–Crippen LogP) is 5.67. The van der Waals surface area contributed by atoms with Gasteiger partial charge in [-0.05, 0) is 59.7 Å². The van der Waals surface area contributed by atoms with Gasteiger partial charge in [-0.15, -0.1) is 0 Å². The number of para-hydroxylation sites is 2. The third-order valence-corrected chi connectivity index (χ3v) is 6.66. The third-order valence-electron chi connectivity index (χ3n) is 6.66. The van der Waals surface area contributed by atoms with Crippen LogP contribution in [-0.2, 0) is 9.68 Å². The molecule has 10 nitrogen and oxygen atoms in total. The first-order chi connectivity index (χ1) is 21.7. The molecule has 4 aromatic carbocycles. The maximum absolute atomic E-state index is 8.77. The Labute approximate surface area is 256 Å². The Kier molecular flexibility index (Phi) is 11.3. The fraction of sp³-hybridized carbons (Fsp3) is 0.235. The third kappa shape index (κ3) is 9.13. The number of aliphatic hydroxyl groups is 2. The summed E-state index contributed by atoms with van der Waals surface area (Å²) in [6.45, 7) is 0.868. The first-order valence-corrected chi connectivity index (χ1v) is 14.5. The number of hydrogen-bond acceptors (Lipinski definition) is 8. The number of amidine groups is 2. The second-order valence-electron chi connectivity index (χ2n) is 9.90. The Morgan fingerprint density at radius 1 is 0.545 bits per heavy atom. The topological polar surface area (TPSA) is 126 Å². The maximum atomic E-state index is 8.77. The van der Waals surface area contributed by atoms with Crippen LogP contribution in [0.25, 0.3) is 0 Å². The van der Waals surface area contributed by atoms with Crippen LogP contribution in [0.3, 0.4) is 0 Å². The highest BCUT2D eigenvalue weighted by molar-refractivity contribution is 5.83. The summed E-state index contributed by atoms with van der Waals surface area (Å²) >= 11 is 0. The average Bonchev–Trinajstić information content (AvgIpc) is 3.75. The van der Waals surface area contributed by atoms with Crippen LogP contribution < -0.4 is 20.4 Å². The van der Waals surface area contributed by atoms with E-state index in [1.54, 1.807) is 0 Å².